The molecular formula is C17H21N3O. The minimum atomic E-state index is 0.659. The second kappa shape index (κ2) is 5.19. The average Bonchev–Trinajstić information content (AvgIpc) is 2.87. The van der Waals surface area contributed by atoms with Crippen LogP contribution in [0, 0.1) is 0 Å². The third kappa shape index (κ3) is 2.33. The second-order valence-corrected chi connectivity index (χ2v) is 5.99. The van der Waals surface area contributed by atoms with Gasteiger partial charge in [0.1, 0.15) is 11.6 Å². The molecule has 2 aromatic rings. The predicted octanol–water partition coefficient (Wildman–Crippen LogP) is 2.53. The Labute approximate surface area is 125 Å². The molecule has 0 radical (unpaired) electrons. The lowest BCUT2D eigenvalue weighted by Gasteiger charge is -2.32. The number of fused-ring (bicyclic) bond motifs is 5. The van der Waals surface area contributed by atoms with Gasteiger partial charge in [0.05, 0.1) is 12.6 Å². The van der Waals surface area contributed by atoms with E-state index in [0.29, 0.717) is 6.04 Å². The van der Waals surface area contributed by atoms with Gasteiger partial charge >= 0.3 is 0 Å². The third-order valence-corrected chi connectivity index (χ3v) is 4.83. The van der Waals surface area contributed by atoms with E-state index in [-0.39, 0.29) is 0 Å². The summed E-state index contributed by atoms with van der Waals surface area (Å²) in [6.45, 7) is 4.75. The maximum Gasteiger partial charge on any atom is 0.129 e. The summed E-state index contributed by atoms with van der Waals surface area (Å²) in [6.07, 6.45) is 2.53. The van der Waals surface area contributed by atoms with Crippen LogP contribution in [0.5, 0.6) is 5.75 Å². The van der Waals surface area contributed by atoms with Gasteiger partial charge in [-0.2, -0.15) is 0 Å². The summed E-state index contributed by atoms with van der Waals surface area (Å²) >= 11 is 0. The van der Waals surface area contributed by atoms with Crippen molar-refractivity contribution in [2.45, 2.75) is 18.9 Å². The Kier molecular flexibility index (Phi) is 3.19. The Hall–Kier alpha value is -1.81. The molecule has 0 atom stereocenters. The summed E-state index contributed by atoms with van der Waals surface area (Å²) in [5, 5.41) is 1.14. The van der Waals surface area contributed by atoms with Gasteiger partial charge < -0.3 is 14.5 Å². The number of hydrogen-bond acceptors (Lipinski definition) is 4. The zero-order chi connectivity index (χ0) is 14.2. The Morgan fingerprint density at radius 3 is 2.71 bits per heavy atom. The van der Waals surface area contributed by atoms with E-state index in [1.54, 1.807) is 7.11 Å². The van der Waals surface area contributed by atoms with Gasteiger partial charge in [-0.15, -0.1) is 0 Å². The van der Waals surface area contributed by atoms with Crippen molar-refractivity contribution in [3.8, 4) is 5.75 Å². The number of nitrogens with zero attached hydrogens (tertiary/aromatic N) is 3. The summed E-state index contributed by atoms with van der Waals surface area (Å²) in [6, 6.07) is 11.1. The van der Waals surface area contributed by atoms with Crippen molar-refractivity contribution in [2.24, 2.45) is 0 Å². The number of pyridine rings is 1. The molecule has 2 bridgehead atoms. The summed E-state index contributed by atoms with van der Waals surface area (Å²) < 4.78 is 5.28. The maximum atomic E-state index is 5.28. The Bertz CT molecular complexity index is 650. The van der Waals surface area contributed by atoms with E-state index >= 15 is 0 Å². The number of benzene rings is 1. The van der Waals surface area contributed by atoms with Crippen molar-refractivity contribution in [2.75, 3.05) is 38.2 Å². The average molecular weight is 283 g/mol. The largest absolute Gasteiger partial charge is 0.497 e. The normalized spacial score (nSPS) is 25.1. The van der Waals surface area contributed by atoms with Crippen LogP contribution in [0.15, 0.2) is 30.3 Å². The van der Waals surface area contributed by atoms with E-state index < -0.39 is 0 Å². The monoisotopic (exact) mass is 283 g/mol. The molecule has 0 N–H and O–H groups in total. The zero-order valence-electron chi connectivity index (χ0n) is 12.5. The molecule has 3 fully saturated rings. The topological polar surface area (TPSA) is 28.6 Å². The molecule has 3 saturated heterocycles. The van der Waals surface area contributed by atoms with Crippen LogP contribution in [0.4, 0.5) is 5.82 Å². The first-order valence-electron chi connectivity index (χ1n) is 7.77. The molecule has 4 heterocycles. The zero-order valence-corrected chi connectivity index (χ0v) is 12.5. The molecule has 0 amide bonds. The standard InChI is InChI=1S/C17H21N3O/c1-21-15-3-4-16-13(12-15)2-5-17(18-16)20-11-10-19-8-6-14(20)7-9-19/h2-5,12,14H,6-11H2,1H3. The van der Waals surface area contributed by atoms with Crippen molar-refractivity contribution in [3.63, 3.8) is 0 Å². The lowest BCUT2D eigenvalue weighted by molar-refractivity contribution is 0.250. The first-order valence-corrected chi connectivity index (χ1v) is 7.77. The molecule has 21 heavy (non-hydrogen) atoms. The molecule has 1 aromatic carbocycles. The van der Waals surface area contributed by atoms with Gasteiger partial charge in [0.25, 0.3) is 0 Å². The molecule has 4 nitrogen and oxygen atoms in total. The number of anilines is 1. The SMILES string of the molecule is COc1ccc2nc(N3CCN4CCC3CC4)ccc2c1. The van der Waals surface area contributed by atoms with Crippen LogP contribution in [-0.2, 0) is 0 Å². The summed E-state index contributed by atoms with van der Waals surface area (Å²) in [5.41, 5.74) is 1.05. The van der Waals surface area contributed by atoms with Crippen LogP contribution in [0.25, 0.3) is 10.9 Å². The number of piperidine rings is 1. The Morgan fingerprint density at radius 2 is 1.90 bits per heavy atom. The van der Waals surface area contributed by atoms with E-state index in [1.807, 2.05) is 12.1 Å². The van der Waals surface area contributed by atoms with Crippen LogP contribution >= 0.6 is 0 Å². The molecule has 0 saturated carbocycles. The van der Waals surface area contributed by atoms with E-state index in [9.17, 15) is 0 Å². The molecule has 3 aliphatic rings. The van der Waals surface area contributed by atoms with Crippen molar-refractivity contribution >= 4 is 16.7 Å². The highest BCUT2D eigenvalue weighted by Crippen LogP contribution is 2.28. The van der Waals surface area contributed by atoms with Gasteiger partial charge in [-0.1, -0.05) is 0 Å². The van der Waals surface area contributed by atoms with Gasteiger partial charge in [-0.05, 0) is 43.2 Å². The van der Waals surface area contributed by atoms with E-state index in [2.05, 4.69) is 28.0 Å². The highest BCUT2D eigenvalue weighted by atomic mass is 16.5. The number of rotatable bonds is 2. The van der Waals surface area contributed by atoms with Crippen molar-refractivity contribution < 1.29 is 4.74 Å². The Balaban J connectivity index is 1.69. The molecule has 5 rings (SSSR count). The smallest absolute Gasteiger partial charge is 0.129 e. The maximum absolute atomic E-state index is 5.28. The molecule has 110 valence electrons. The van der Waals surface area contributed by atoms with Crippen molar-refractivity contribution in [1.82, 2.24) is 9.88 Å². The lowest BCUT2D eigenvalue weighted by atomic mass is 10.1. The second-order valence-electron chi connectivity index (χ2n) is 5.99. The van der Waals surface area contributed by atoms with Gasteiger partial charge in [0.15, 0.2) is 0 Å². The van der Waals surface area contributed by atoms with Crippen LogP contribution < -0.4 is 9.64 Å². The van der Waals surface area contributed by atoms with Crippen LogP contribution in [0.2, 0.25) is 0 Å². The van der Waals surface area contributed by atoms with Crippen LogP contribution in [0.1, 0.15) is 12.8 Å². The fraction of sp³-hybridized carbons (Fsp3) is 0.471. The molecule has 1 aromatic heterocycles. The van der Waals surface area contributed by atoms with Gasteiger partial charge in [0, 0.05) is 37.6 Å². The summed E-state index contributed by atoms with van der Waals surface area (Å²) in [7, 11) is 1.70. The lowest BCUT2D eigenvalue weighted by Crippen LogP contribution is -2.38. The van der Waals surface area contributed by atoms with Crippen molar-refractivity contribution in [1.29, 1.82) is 0 Å². The minimum Gasteiger partial charge on any atom is -0.497 e. The van der Waals surface area contributed by atoms with Crippen LogP contribution in [0.3, 0.4) is 0 Å². The number of methoxy groups -OCH3 is 1. The third-order valence-electron chi connectivity index (χ3n) is 4.83. The van der Waals surface area contributed by atoms with Gasteiger partial charge in [-0.3, -0.25) is 0 Å². The highest BCUT2D eigenvalue weighted by Gasteiger charge is 2.29. The number of hydrogen-bond donors (Lipinski definition) is 0. The first kappa shape index (κ1) is 12.9. The van der Waals surface area contributed by atoms with E-state index in [1.165, 1.54) is 32.5 Å². The van der Waals surface area contributed by atoms with Crippen LogP contribution in [-0.4, -0.2) is 49.2 Å². The highest BCUT2D eigenvalue weighted by molar-refractivity contribution is 5.81. The molecule has 0 unspecified atom stereocenters. The first-order chi connectivity index (χ1) is 10.3. The quantitative estimate of drug-likeness (QED) is 0.847. The Morgan fingerprint density at radius 1 is 1.05 bits per heavy atom. The van der Waals surface area contributed by atoms with E-state index in [4.69, 9.17) is 9.72 Å². The minimum absolute atomic E-state index is 0.659. The summed E-state index contributed by atoms with van der Waals surface area (Å²) in [5.74, 6) is 2.01. The van der Waals surface area contributed by atoms with Gasteiger partial charge in [0.2, 0.25) is 0 Å². The number of aromatic nitrogens is 1. The predicted molar refractivity (Wildman–Crippen MR) is 85.1 cm³/mol. The number of ether oxygens (including phenoxy) is 1. The molecule has 4 heteroatoms. The molecular weight excluding hydrogens is 262 g/mol. The fourth-order valence-electron chi connectivity index (χ4n) is 3.57. The van der Waals surface area contributed by atoms with Gasteiger partial charge in [-0.25, -0.2) is 4.98 Å². The molecule has 0 spiro atoms. The molecule has 0 aliphatic carbocycles. The van der Waals surface area contributed by atoms with Crippen molar-refractivity contribution in [3.05, 3.63) is 30.3 Å². The summed E-state index contributed by atoms with van der Waals surface area (Å²) in [4.78, 5) is 9.97. The molecule has 3 aliphatic heterocycles. The fourth-order valence-corrected chi connectivity index (χ4v) is 3.57. The van der Waals surface area contributed by atoms with E-state index in [0.717, 1.165) is 29.0 Å².